The molecule has 140 valence electrons. The molecule has 0 aliphatic heterocycles. The topological polar surface area (TPSA) is 96.2 Å². The molecule has 0 spiro atoms. The highest BCUT2D eigenvalue weighted by Crippen LogP contribution is 2.22. The maximum atomic E-state index is 12.6. The summed E-state index contributed by atoms with van der Waals surface area (Å²) in [5.74, 6) is 1.03. The van der Waals surface area contributed by atoms with E-state index in [1.165, 1.54) is 6.26 Å². The lowest BCUT2D eigenvalue weighted by molar-refractivity contribution is 0.245. The van der Waals surface area contributed by atoms with E-state index in [1.807, 2.05) is 51.4 Å². The Labute approximate surface area is 157 Å². The molecular formula is C19H22N6O2. The summed E-state index contributed by atoms with van der Waals surface area (Å²) in [4.78, 5) is 18.6. The van der Waals surface area contributed by atoms with Crippen molar-refractivity contribution in [1.82, 2.24) is 20.5 Å². The van der Waals surface area contributed by atoms with Gasteiger partial charge in [0.25, 0.3) is 0 Å². The zero-order valence-electron chi connectivity index (χ0n) is 15.5. The van der Waals surface area contributed by atoms with Crippen LogP contribution in [0.15, 0.2) is 53.3 Å². The van der Waals surface area contributed by atoms with E-state index in [1.54, 1.807) is 17.2 Å². The van der Waals surface area contributed by atoms with Crippen molar-refractivity contribution in [3.05, 3.63) is 66.0 Å². The molecule has 2 amide bonds. The third-order valence-electron chi connectivity index (χ3n) is 3.91. The molecule has 0 aliphatic rings. The Balaban J connectivity index is 1.76. The zero-order valence-corrected chi connectivity index (χ0v) is 15.5. The van der Waals surface area contributed by atoms with Gasteiger partial charge in [0.15, 0.2) is 5.82 Å². The van der Waals surface area contributed by atoms with Gasteiger partial charge in [0.2, 0.25) is 5.89 Å². The largest absolute Gasteiger partial charge is 0.447 e. The Morgan fingerprint density at radius 3 is 2.67 bits per heavy atom. The van der Waals surface area contributed by atoms with Crippen molar-refractivity contribution in [2.45, 2.75) is 19.4 Å². The summed E-state index contributed by atoms with van der Waals surface area (Å²) in [5, 5.41) is 13.9. The van der Waals surface area contributed by atoms with Crippen LogP contribution in [0.5, 0.6) is 0 Å². The van der Waals surface area contributed by atoms with E-state index < -0.39 is 6.04 Å². The minimum Gasteiger partial charge on any atom is -0.447 e. The molecule has 0 fully saturated rings. The van der Waals surface area contributed by atoms with Crippen molar-refractivity contribution in [3.8, 4) is 0 Å². The molecule has 2 aromatic heterocycles. The molecule has 0 aliphatic carbocycles. The quantitative estimate of drug-likeness (QED) is 0.696. The molecule has 0 bridgehead atoms. The molecule has 2 N–H and O–H groups in total. The number of benzene rings is 1. The molecule has 0 radical (unpaired) electrons. The Morgan fingerprint density at radius 1 is 1.22 bits per heavy atom. The third kappa shape index (κ3) is 4.81. The number of hydrogen-bond acceptors (Lipinski definition) is 6. The SMILES string of the molecule is Cc1cc(NC(=O)NC(Cc2ccccc2)c2ncco2)c(N(C)C)nn1. The first kappa shape index (κ1) is 18.4. The van der Waals surface area contributed by atoms with Crippen LogP contribution in [0.2, 0.25) is 0 Å². The zero-order chi connectivity index (χ0) is 19.2. The highest BCUT2D eigenvalue weighted by atomic mass is 16.3. The lowest BCUT2D eigenvalue weighted by atomic mass is 10.1. The van der Waals surface area contributed by atoms with E-state index in [4.69, 9.17) is 4.42 Å². The standard InChI is InChI=1S/C19H22N6O2/c1-13-11-15(17(24-23-13)25(2)3)21-19(26)22-16(18-20-9-10-27-18)12-14-7-5-4-6-8-14/h4-11,16H,12H2,1-3H3,(H2,21,22,23,26). The molecule has 1 atom stereocenters. The number of nitrogens with one attached hydrogen (secondary N) is 2. The van der Waals surface area contributed by atoms with Gasteiger partial charge in [-0.2, -0.15) is 5.10 Å². The van der Waals surface area contributed by atoms with Crippen LogP contribution in [0.25, 0.3) is 0 Å². The Morgan fingerprint density at radius 2 is 2.00 bits per heavy atom. The number of urea groups is 1. The average molecular weight is 366 g/mol. The maximum Gasteiger partial charge on any atom is 0.320 e. The van der Waals surface area contributed by atoms with Gasteiger partial charge < -0.3 is 20.0 Å². The maximum absolute atomic E-state index is 12.6. The molecule has 0 saturated carbocycles. The highest BCUT2D eigenvalue weighted by Gasteiger charge is 2.20. The monoisotopic (exact) mass is 366 g/mol. The first-order valence-electron chi connectivity index (χ1n) is 8.55. The summed E-state index contributed by atoms with van der Waals surface area (Å²) >= 11 is 0. The summed E-state index contributed by atoms with van der Waals surface area (Å²) in [6.07, 6.45) is 3.61. The van der Waals surface area contributed by atoms with Gasteiger partial charge in [-0.1, -0.05) is 30.3 Å². The summed E-state index contributed by atoms with van der Waals surface area (Å²) in [6, 6.07) is 10.9. The lowest BCUT2D eigenvalue weighted by Gasteiger charge is -2.19. The minimum atomic E-state index is -0.402. The van der Waals surface area contributed by atoms with Crippen LogP contribution in [-0.2, 0) is 6.42 Å². The first-order chi connectivity index (χ1) is 13.0. The van der Waals surface area contributed by atoms with Crippen molar-refractivity contribution >= 4 is 17.5 Å². The molecule has 3 aromatic rings. The van der Waals surface area contributed by atoms with Crippen molar-refractivity contribution in [1.29, 1.82) is 0 Å². The summed E-state index contributed by atoms with van der Waals surface area (Å²) < 4.78 is 5.42. The highest BCUT2D eigenvalue weighted by molar-refractivity contribution is 5.92. The van der Waals surface area contributed by atoms with Gasteiger partial charge in [0.1, 0.15) is 12.3 Å². The van der Waals surface area contributed by atoms with Crippen LogP contribution in [0.1, 0.15) is 23.2 Å². The number of carbonyl (C=O) groups excluding carboxylic acids is 1. The number of amides is 2. The van der Waals surface area contributed by atoms with Gasteiger partial charge in [-0.3, -0.25) is 0 Å². The summed E-state index contributed by atoms with van der Waals surface area (Å²) in [7, 11) is 3.68. The van der Waals surface area contributed by atoms with Crippen molar-refractivity contribution in [3.63, 3.8) is 0 Å². The fourth-order valence-corrected chi connectivity index (χ4v) is 2.68. The van der Waals surface area contributed by atoms with Gasteiger partial charge in [-0.05, 0) is 18.6 Å². The van der Waals surface area contributed by atoms with Crippen molar-refractivity contribution in [2.24, 2.45) is 0 Å². The second-order valence-electron chi connectivity index (χ2n) is 6.33. The fourth-order valence-electron chi connectivity index (χ4n) is 2.68. The number of anilines is 2. The number of aromatic nitrogens is 3. The van der Waals surface area contributed by atoms with Crippen LogP contribution in [0, 0.1) is 6.92 Å². The van der Waals surface area contributed by atoms with Gasteiger partial charge in [-0.15, -0.1) is 5.10 Å². The predicted octanol–water partition coefficient (Wildman–Crippen LogP) is 2.94. The van der Waals surface area contributed by atoms with Crippen LogP contribution in [0.3, 0.4) is 0 Å². The Bertz CT molecular complexity index is 880. The first-order valence-corrected chi connectivity index (χ1v) is 8.55. The smallest absolute Gasteiger partial charge is 0.320 e. The second-order valence-corrected chi connectivity index (χ2v) is 6.33. The Kier molecular flexibility index (Phi) is 5.65. The number of carbonyl (C=O) groups is 1. The predicted molar refractivity (Wildman–Crippen MR) is 103 cm³/mol. The summed E-state index contributed by atoms with van der Waals surface area (Å²) in [5.41, 5.74) is 2.36. The molecule has 2 heterocycles. The molecule has 8 heteroatoms. The normalized spacial score (nSPS) is 11.7. The molecule has 3 rings (SSSR count). The van der Waals surface area contributed by atoms with Gasteiger partial charge in [-0.25, -0.2) is 9.78 Å². The van der Waals surface area contributed by atoms with Gasteiger partial charge in [0, 0.05) is 20.5 Å². The number of oxazole rings is 1. The van der Waals surface area contributed by atoms with Crippen LogP contribution in [-0.4, -0.2) is 35.3 Å². The van der Waals surface area contributed by atoms with E-state index in [0.29, 0.717) is 29.5 Å². The number of aryl methyl sites for hydroxylation is 1. The summed E-state index contributed by atoms with van der Waals surface area (Å²) in [6.45, 7) is 1.82. The Hall–Kier alpha value is -3.42. The number of nitrogens with zero attached hydrogens (tertiary/aromatic N) is 4. The van der Waals surface area contributed by atoms with E-state index in [9.17, 15) is 4.79 Å². The molecule has 8 nitrogen and oxygen atoms in total. The molecule has 1 unspecified atom stereocenters. The molecule has 27 heavy (non-hydrogen) atoms. The molecular weight excluding hydrogens is 344 g/mol. The average Bonchev–Trinajstić information content (AvgIpc) is 3.16. The third-order valence-corrected chi connectivity index (χ3v) is 3.91. The van der Waals surface area contributed by atoms with Crippen molar-refractivity contribution in [2.75, 3.05) is 24.3 Å². The fraction of sp³-hybridized carbons (Fsp3) is 0.263. The number of rotatable bonds is 6. The van der Waals surface area contributed by atoms with Gasteiger partial charge in [0.05, 0.1) is 17.6 Å². The van der Waals surface area contributed by atoms with Crippen LogP contribution < -0.4 is 15.5 Å². The number of hydrogen-bond donors (Lipinski definition) is 2. The van der Waals surface area contributed by atoms with Crippen LogP contribution >= 0.6 is 0 Å². The van der Waals surface area contributed by atoms with E-state index in [-0.39, 0.29) is 6.03 Å². The second kappa shape index (κ2) is 8.31. The van der Waals surface area contributed by atoms with E-state index >= 15 is 0 Å². The molecule has 0 saturated heterocycles. The minimum absolute atomic E-state index is 0.371. The molecule has 1 aromatic carbocycles. The van der Waals surface area contributed by atoms with Crippen molar-refractivity contribution < 1.29 is 9.21 Å². The van der Waals surface area contributed by atoms with E-state index in [0.717, 1.165) is 5.56 Å². The van der Waals surface area contributed by atoms with Gasteiger partial charge >= 0.3 is 6.03 Å². The lowest BCUT2D eigenvalue weighted by Crippen LogP contribution is -2.34. The van der Waals surface area contributed by atoms with E-state index in [2.05, 4.69) is 25.8 Å². The van der Waals surface area contributed by atoms with Crippen LogP contribution in [0.4, 0.5) is 16.3 Å².